The van der Waals surface area contributed by atoms with E-state index in [-0.39, 0.29) is 17.4 Å². The van der Waals surface area contributed by atoms with E-state index in [2.05, 4.69) is 20.9 Å². The van der Waals surface area contributed by atoms with E-state index in [4.69, 9.17) is 21.3 Å². The molecule has 4 rings (SSSR count). The molecule has 0 aliphatic rings. The van der Waals surface area contributed by atoms with Crippen molar-refractivity contribution in [3.05, 3.63) is 51.6 Å². The van der Waals surface area contributed by atoms with Gasteiger partial charge in [-0.25, -0.2) is 13.4 Å². The molecule has 6 nitrogen and oxygen atoms in total. The molecule has 4 aromatic rings. The Morgan fingerprint density at radius 2 is 2.00 bits per heavy atom. The predicted molar refractivity (Wildman–Crippen MR) is 123 cm³/mol. The summed E-state index contributed by atoms with van der Waals surface area (Å²) < 4.78 is 34.1. The van der Waals surface area contributed by atoms with Crippen molar-refractivity contribution in [1.29, 1.82) is 0 Å². The third kappa shape index (κ3) is 3.51. The summed E-state index contributed by atoms with van der Waals surface area (Å²) in [5.41, 5.74) is 3.71. The van der Waals surface area contributed by atoms with Crippen LogP contribution in [0.1, 0.15) is 12.5 Å². The molecule has 0 N–H and O–H groups in total. The third-order valence-corrected chi connectivity index (χ3v) is 7.52. The average molecular weight is 509 g/mol. The number of hydrogen-bond donors (Lipinski definition) is 0. The minimum Gasteiger partial charge on any atom is -0.364 e. The predicted octanol–water partition coefficient (Wildman–Crippen LogP) is 5.37. The smallest absolute Gasteiger partial charge is 0.180 e. The number of halogens is 2. The van der Waals surface area contributed by atoms with E-state index in [0.29, 0.717) is 27.4 Å². The Hall–Kier alpha value is -2.00. The highest BCUT2D eigenvalue weighted by atomic mass is 79.9. The van der Waals surface area contributed by atoms with Gasteiger partial charge in [0.1, 0.15) is 17.9 Å². The van der Waals surface area contributed by atoms with Gasteiger partial charge in [-0.1, -0.05) is 40.5 Å². The van der Waals surface area contributed by atoms with Crippen LogP contribution < -0.4 is 0 Å². The molecule has 0 atom stereocenters. The van der Waals surface area contributed by atoms with Crippen LogP contribution in [0.2, 0.25) is 5.02 Å². The number of methoxy groups -OCH3 is 1. The van der Waals surface area contributed by atoms with E-state index in [0.717, 1.165) is 20.9 Å². The van der Waals surface area contributed by atoms with Crippen LogP contribution in [0.4, 0.5) is 0 Å². The fourth-order valence-electron chi connectivity index (χ4n) is 3.46. The maximum Gasteiger partial charge on any atom is 0.180 e. The largest absolute Gasteiger partial charge is 0.364 e. The van der Waals surface area contributed by atoms with Crippen LogP contribution in [0.25, 0.3) is 33.3 Å². The number of aromatic nitrogens is 3. The molecule has 3 aromatic heterocycles. The van der Waals surface area contributed by atoms with Crippen LogP contribution in [-0.2, 0) is 21.3 Å². The van der Waals surface area contributed by atoms with Crippen molar-refractivity contribution in [3.63, 3.8) is 0 Å². The summed E-state index contributed by atoms with van der Waals surface area (Å²) in [5, 5.41) is 1.07. The number of hydrogen-bond acceptors (Lipinski definition) is 5. The fraction of sp³-hybridized carbons (Fsp3) is 0.238. The number of ether oxygens (including phenoxy) is 1. The van der Waals surface area contributed by atoms with Crippen molar-refractivity contribution in [2.75, 3.05) is 12.9 Å². The van der Waals surface area contributed by atoms with E-state index < -0.39 is 9.84 Å². The zero-order valence-corrected chi connectivity index (χ0v) is 19.8. The molecular weight excluding hydrogens is 490 g/mol. The highest BCUT2D eigenvalue weighted by molar-refractivity contribution is 9.10. The Kier molecular flexibility index (Phi) is 5.61. The van der Waals surface area contributed by atoms with Crippen LogP contribution in [0.5, 0.6) is 0 Å². The summed E-state index contributed by atoms with van der Waals surface area (Å²) in [7, 11) is -2.01. The Morgan fingerprint density at radius 1 is 1.23 bits per heavy atom. The van der Waals surface area contributed by atoms with Gasteiger partial charge in [0.15, 0.2) is 9.84 Å². The first-order valence-electron chi connectivity index (χ1n) is 9.23. The molecule has 0 saturated carbocycles. The second kappa shape index (κ2) is 7.92. The number of nitrogens with zero attached hydrogens (tertiary/aromatic N) is 3. The first kappa shape index (κ1) is 21.2. The first-order chi connectivity index (χ1) is 14.3. The van der Waals surface area contributed by atoms with Gasteiger partial charge in [0, 0.05) is 23.2 Å². The second-order valence-electron chi connectivity index (χ2n) is 6.96. The quantitative estimate of drug-likeness (QED) is 0.362. The minimum absolute atomic E-state index is 0.0524. The summed E-state index contributed by atoms with van der Waals surface area (Å²) in [6.45, 7) is 3.72. The van der Waals surface area contributed by atoms with Crippen LogP contribution >= 0.6 is 27.5 Å². The molecule has 0 unspecified atom stereocenters. The molecular formula is C21H19BrClN3O3S. The normalized spacial score (nSPS) is 12.2. The molecule has 30 heavy (non-hydrogen) atoms. The molecule has 1 aromatic carbocycles. The monoisotopic (exact) mass is 507 g/mol. The number of benzene rings is 1. The van der Waals surface area contributed by atoms with Gasteiger partial charge in [-0.2, -0.15) is 0 Å². The molecule has 3 heterocycles. The maximum absolute atomic E-state index is 13.0. The third-order valence-electron chi connectivity index (χ3n) is 4.92. The van der Waals surface area contributed by atoms with Gasteiger partial charge in [-0.3, -0.25) is 4.98 Å². The Balaban J connectivity index is 2.17. The summed E-state index contributed by atoms with van der Waals surface area (Å²) >= 11 is 10.2. The van der Waals surface area contributed by atoms with Crippen LogP contribution in [-0.4, -0.2) is 35.8 Å². The Labute approximate surface area is 187 Å². The highest BCUT2D eigenvalue weighted by Gasteiger charge is 2.27. The molecule has 0 amide bonds. The Bertz CT molecular complexity index is 1400. The SMILES string of the molecule is CCS(=O)(=O)c1cc2ccc(Br)cc2nc1-c1c(Cl)c2ncc(C)cc2n1COC. The summed E-state index contributed by atoms with van der Waals surface area (Å²) in [5.74, 6) is -0.0524. The Morgan fingerprint density at radius 3 is 2.70 bits per heavy atom. The average Bonchev–Trinajstić information content (AvgIpc) is 2.98. The number of pyridine rings is 2. The number of aryl methyl sites for hydroxylation is 1. The molecule has 156 valence electrons. The van der Waals surface area contributed by atoms with E-state index >= 15 is 0 Å². The number of sulfone groups is 1. The van der Waals surface area contributed by atoms with Crippen molar-refractivity contribution >= 4 is 59.3 Å². The van der Waals surface area contributed by atoms with E-state index in [1.807, 2.05) is 35.8 Å². The van der Waals surface area contributed by atoms with Gasteiger partial charge in [0.05, 0.1) is 32.4 Å². The van der Waals surface area contributed by atoms with Gasteiger partial charge in [-0.05, 0) is 36.8 Å². The summed E-state index contributed by atoms with van der Waals surface area (Å²) in [6.07, 6.45) is 1.73. The fourth-order valence-corrected chi connectivity index (χ4v) is 5.20. The van der Waals surface area contributed by atoms with Gasteiger partial charge in [0.2, 0.25) is 0 Å². The van der Waals surface area contributed by atoms with E-state index in [9.17, 15) is 8.42 Å². The molecule has 0 aliphatic carbocycles. The molecule has 0 aliphatic heterocycles. The highest BCUT2D eigenvalue weighted by Crippen LogP contribution is 2.40. The van der Waals surface area contributed by atoms with Crippen LogP contribution in [0.15, 0.2) is 45.9 Å². The zero-order chi connectivity index (χ0) is 21.6. The topological polar surface area (TPSA) is 74.1 Å². The lowest BCUT2D eigenvalue weighted by Gasteiger charge is -2.14. The van der Waals surface area contributed by atoms with Gasteiger partial charge in [-0.15, -0.1) is 0 Å². The van der Waals surface area contributed by atoms with Gasteiger partial charge < -0.3 is 9.30 Å². The number of fused-ring (bicyclic) bond motifs is 2. The van der Waals surface area contributed by atoms with Gasteiger partial charge >= 0.3 is 0 Å². The van der Waals surface area contributed by atoms with Crippen LogP contribution in [0.3, 0.4) is 0 Å². The van der Waals surface area contributed by atoms with Crippen molar-refractivity contribution in [1.82, 2.24) is 14.5 Å². The zero-order valence-electron chi connectivity index (χ0n) is 16.6. The second-order valence-corrected chi connectivity index (χ2v) is 10.5. The maximum atomic E-state index is 13.0. The first-order valence-corrected chi connectivity index (χ1v) is 12.1. The minimum atomic E-state index is -3.58. The molecule has 0 saturated heterocycles. The summed E-state index contributed by atoms with van der Waals surface area (Å²) in [6, 6.07) is 9.14. The molecule has 0 radical (unpaired) electrons. The standard InChI is InChI=1S/C21H19BrClN3O3S/c1-4-30(27,28)17-8-13-5-6-14(22)9-15(13)25-20(17)21-18(23)19-16(26(21)11-29-3)7-12(2)10-24-19/h5-10H,4,11H2,1-3H3. The van der Waals surface area contributed by atoms with Crippen LogP contribution in [0, 0.1) is 6.92 Å². The van der Waals surface area contributed by atoms with E-state index in [1.165, 1.54) is 0 Å². The molecule has 0 fully saturated rings. The van der Waals surface area contributed by atoms with Crippen molar-refractivity contribution in [2.45, 2.75) is 25.5 Å². The van der Waals surface area contributed by atoms with Crippen molar-refractivity contribution < 1.29 is 13.2 Å². The van der Waals surface area contributed by atoms with E-state index in [1.54, 1.807) is 26.3 Å². The van der Waals surface area contributed by atoms with Crippen molar-refractivity contribution in [3.8, 4) is 11.4 Å². The molecule has 0 bridgehead atoms. The van der Waals surface area contributed by atoms with Gasteiger partial charge in [0.25, 0.3) is 0 Å². The lowest BCUT2D eigenvalue weighted by Crippen LogP contribution is -2.10. The lowest BCUT2D eigenvalue weighted by atomic mass is 10.1. The molecule has 0 spiro atoms. The summed E-state index contributed by atoms with van der Waals surface area (Å²) in [4.78, 5) is 9.35. The molecule has 9 heteroatoms. The van der Waals surface area contributed by atoms with Crippen molar-refractivity contribution in [2.24, 2.45) is 0 Å². The number of rotatable bonds is 5. The lowest BCUT2D eigenvalue weighted by molar-refractivity contribution is 0.136.